The highest BCUT2D eigenvalue weighted by molar-refractivity contribution is 7.17. The monoisotopic (exact) mass is 194 g/mol. The van der Waals surface area contributed by atoms with E-state index < -0.39 is 0 Å². The molecule has 0 fully saturated rings. The molecule has 70 valence electrons. The molecule has 3 heteroatoms. The van der Waals surface area contributed by atoms with Crippen molar-refractivity contribution < 1.29 is 0 Å². The van der Waals surface area contributed by atoms with Crippen molar-refractivity contribution in [1.82, 2.24) is 9.38 Å². The average Bonchev–Trinajstić information content (AvgIpc) is 2.54. The third kappa shape index (κ3) is 1.10. The molecule has 0 unspecified atom stereocenters. The Morgan fingerprint density at radius 2 is 1.92 bits per heavy atom. The molecule has 2 nitrogen and oxygen atoms in total. The lowest BCUT2D eigenvalue weighted by Gasteiger charge is -1.96. The van der Waals surface area contributed by atoms with Crippen LogP contribution in [0.5, 0.6) is 0 Å². The number of hydrogen-bond acceptors (Lipinski definition) is 2. The Balaban J connectivity index is 2.82. The lowest BCUT2D eigenvalue weighted by atomic mass is 10.3. The predicted molar refractivity (Wildman–Crippen MR) is 56.7 cm³/mol. The topological polar surface area (TPSA) is 17.3 Å². The van der Waals surface area contributed by atoms with E-state index in [1.807, 2.05) is 0 Å². The molecule has 0 saturated heterocycles. The van der Waals surface area contributed by atoms with Crippen LogP contribution in [0, 0.1) is 20.8 Å². The van der Waals surface area contributed by atoms with Gasteiger partial charge in [-0.15, -0.1) is 11.3 Å². The summed E-state index contributed by atoms with van der Waals surface area (Å²) >= 11 is 1.78. The Morgan fingerprint density at radius 1 is 1.23 bits per heavy atom. The van der Waals surface area contributed by atoms with Crippen molar-refractivity contribution in [2.24, 2.45) is 0 Å². The van der Waals surface area contributed by atoms with Gasteiger partial charge >= 0.3 is 0 Å². The first kappa shape index (κ1) is 8.75. The van der Waals surface area contributed by atoms with E-state index in [4.69, 9.17) is 0 Å². The molecular weight excluding hydrogens is 180 g/mol. The van der Waals surface area contributed by atoms with E-state index in [2.05, 4.69) is 37.1 Å². The van der Waals surface area contributed by atoms with Crippen molar-refractivity contribution in [3.8, 4) is 0 Å². The van der Waals surface area contributed by atoms with Gasteiger partial charge in [-0.1, -0.05) is 6.92 Å². The normalized spacial score (nSPS) is 11.4. The molecule has 2 heterocycles. The van der Waals surface area contributed by atoms with Crippen molar-refractivity contribution in [2.75, 3.05) is 0 Å². The summed E-state index contributed by atoms with van der Waals surface area (Å²) in [5.74, 6) is 0. The second kappa shape index (κ2) is 2.84. The Kier molecular flexibility index (Phi) is 1.91. The summed E-state index contributed by atoms with van der Waals surface area (Å²) in [5, 5.41) is 0. The number of fused-ring (bicyclic) bond motifs is 1. The quantitative estimate of drug-likeness (QED) is 0.682. The van der Waals surface area contributed by atoms with Crippen LogP contribution < -0.4 is 0 Å². The lowest BCUT2D eigenvalue weighted by molar-refractivity contribution is 0.997. The van der Waals surface area contributed by atoms with E-state index in [1.54, 1.807) is 11.3 Å². The molecule has 0 aromatic carbocycles. The number of rotatable bonds is 1. The van der Waals surface area contributed by atoms with Crippen LogP contribution in [0.4, 0.5) is 0 Å². The molecule has 0 aliphatic heterocycles. The molecule has 2 aromatic heterocycles. The van der Waals surface area contributed by atoms with Crippen molar-refractivity contribution in [3.05, 3.63) is 22.0 Å². The van der Waals surface area contributed by atoms with Crippen LogP contribution in [0.15, 0.2) is 0 Å². The van der Waals surface area contributed by atoms with Crippen molar-refractivity contribution in [3.63, 3.8) is 0 Å². The van der Waals surface area contributed by atoms with Crippen LogP contribution in [-0.2, 0) is 6.42 Å². The fourth-order valence-corrected chi connectivity index (χ4v) is 2.72. The van der Waals surface area contributed by atoms with Crippen LogP contribution in [0.2, 0.25) is 0 Å². The van der Waals surface area contributed by atoms with Gasteiger partial charge in [-0.3, -0.25) is 4.40 Å². The van der Waals surface area contributed by atoms with Gasteiger partial charge in [-0.25, -0.2) is 4.98 Å². The van der Waals surface area contributed by atoms with Gasteiger partial charge in [0.25, 0.3) is 0 Å². The summed E-state index contributed by atoms with van der Waals surface area (Å²) < 4.78 is 2.26. The highest BCUT2D eigenvalue weighted by Gasteiger charge is 2.11. The number of thiazole rings is 1. The zero-order valence-corrected chi connectivity index (χ0v) is 9.33. The van der Waals surface area contributed by atoms with Gasteiger partial charge in [0.15, 0.2) is 4.96 Å². The molecular formula is C10H14N2S. The maximum Gasteiger partial charge on any atom is 0.194 e. The molecule has 0 saturated carbocycles. The van der Waals surface area contributed by atoms with Gasteiger partial charge in [-0.05, 0) is 27.2 Å². The Hall–Kier alpha value is -0.830. The third-order valence-electron chi connectivity index (χ3n) is 2.60. The van der Waals surface area contributed by atoms with Crippen molar-refractivity contribution >= 4 is 16.3 Å². The summed E-state index contributed by atoms with van der Waals surface area (Å²) in [5.41, 5.74) is 3.87. The third-order valence-corrected chi connectivity index (χ3v) is 3.66. The number of aryl methyl sites for hydroxylation is 4. The summed E-state index contributed by atoms with van der Waals surface area (Å²) in [6.45, 7) is 8.62. The molecule has 0 spiro atoms. The maximum atomic E-state index is 4.59. The molecule has 13 heavy (non-hydrogen) atoms. The summed E-state index contributed by atoms with van der Waals surface area (Å²) in [7, 11) is 0. The molecule has 2 rings (SSSR count). The van der Waals surface area contributed by atoms with E-state index in [1.165, 1.54) is 22.0 Å². The van der Waals surface area contributed by atoms with E-state index in [0.717, 1.165) is 11.4 Å². The maximum absolute atomic E-state index is 4.59. The average molecular weight is 194 g/mol. The molecule has 0 aliphatic rings. The molecule has 2 aromatic rings. The Bertz CT molecular complexity index is 451. The summed E-state index contributed by atoms with van der Waals surface area (Å²) in [4.78, 5) is 7.11. The second-order valence-electron chi connectivity index (χ2n) is 3.36. The van der Waals surface area contributed by atoms with E-state index in [-0.39, 0.29) is 0 Å². The van der Waals surface area contributed by atoms with Crippen LogP contribution in [0.25, 0.3) is 4.96 Å². The smallest absolute Gasteiger partial charge is 0.194 e. The first-order valence-electron chi connectivity index (χ1n) is 4.59. The van der Waals surface area contributed by atoms with Crippen LogP contribution in [-0.4, -0.2) is 9.38 Å². The van der Waals surface area contributed by atoms with Gasteiger partial charge in [-0.2, -0.15) is 0 Å². The zero-order chi connectivity index (χ0) is 9.59. The van der Waals surface area contributed by atoms with E-state index >= 15 is 0 Å². The fourth-order valence-electron chi connectivity index (χ4n) is 1.69. The zero-order valence-electron chi connectivity index (χ0n) is 8.51. The summed E-state index contributed by atoms with van der Waals surface area (Å²) in [6.07, 6.45) is 1.03. The fraction of sp³-hybridized carbons (Fsp3) is 0.500. The van der Waals surface area contributed by atoms with Gasteiger partial charge in [0, 0.05) is 16.3 Å². The largest absolute Gasteiger partial charge is 0.292 e. The van der Waals surface area contributed by atoms with Gasteiger partial charge < -0.3 is 0 Å². The standard InChI is InChI=1S/C10H14N2S/c1-5-9-7(3)12-6(2)8(4)13-10(12)11-9/h5H2,1-4H3. The SMILES string of the molecule is CCc1nc2sc(C)c(C)n2c1C. The Labute approximate surface area is 82.2 Å². The predicted octanol–water partition coefficient (Wildman–Crippen LogP) is 2.88. The Morgan fingerprint density at radius 3 is 2.46 bits per heavy atom. The minimum absolute atomic E-state index is 1.03. The first-order valence-corrected chi connectivity index (χ1v) is 5.40. The molecule has 0 amide bonds. The molecule has 0 aliphatic carbocycles. The molecule has 0 radical (unpaired) electrons. The van der Waals surface area contributed by atoms with Crippen LogP contribution in [0.1, 0.15) is 28.9 Å². The number of imidazole rings is 1. The van der Waals surface area contributed by atoms with E-state index in [9.17, 15) is 0 Å². The highest BCUT2D eigenvalue weighted by atomic mass is 32.1. The van der Waals surface area contributed by atoms with Gasteiger partial charge in [0.05, 0.1) is 5.69 Å². The van der Waals surface area contributed by atoms with Crippen molar-refractivity contribution in [2.45, 2.75) is 34.1 Å². The number of aromatic nitrogens is 2. The van der Waals surface area contributed by atoms with Gasteiger partial charge in [0.2, 0.25) is 0 Å². The second-order valence-corrected chi connectivity index (χ2v) is 4.54. The molecule has 0 N–H and O–H groups in total. The van der Waals surface area contributed by atoms with E-state index in [0.29, 0.717) is 0 Å². The van der Waals surface area contributed by atoms with Gasteiger partial charge in [0.1, 0.15) is 0 Å². The van der Waals surface area contributed by atoms with Crippen LogP contribution in [0.3, 0.4) is 0 Å². The number of hydrogen-bond donors (Lipinski definition) is 0. The minimum atomic E-state index is 1.03. The number of nitrogens with zero attached hydrogens (tertiary/aromatic N) is 2. The first-order chi connectivity index (χ1) is 6.15. The van der Waals surface area contributed by atoms with Crippen molar-refractivity contribution in [1.29, 1.82) is 0 Å². The summed E-state index contributed by atoms with van der Waals surface area (Å²) in [6, 6.07) is 0. The molecule has 0 bridgehead atoms. The lowest BCUT2D eigenvalue weighted by Crippen LogP contribution is -1.90. The highest BCUT2D eigenvalue weighted by Crippen LogP contribution is 2.24. The molecule has 0 atom stereocenters. The minimum Gasteiger partial charge on any atom is -0.292 e. The van der Waals surface area contributed by atoms with Crippen LogP contribution >= 0.6 is 11.3 Å².